The van der Waals surface area contributed by atoms with E-state index in [4.69, 9.17) is 0 Å². The zero-order chi connectivity index (χ0) is 15.8. The molecule has 23 heavy (non-hydrogen) atoms. The third-order valence-electron chi connectivity index (χ3n) is 3.88. The molecule has 0 bridgehead atoms. The van der Waals surface area contributed by atoms with E-state index >= 15 is 0 Å². The number of fused-ring (bicyclic) bond motifs is 2. The smallest absolute Gasteiger partial charge is 0.275 e. The Kier molecular flexibility index (Phi) is 3.46. The van der Waals surface area contributed by atoms with Crippen molar-refractivity contribution < 1.29 is 0 Å². The highest BCUT2D eigenvalue weighted by atomic mass is 32.1. The zero-order valence-corrected chi connectivity index (χ0v) is 13.6. The van der Waals surface area contributed by atoms with Crippen molar-refractivity contribution in [2.75, 3.05) is 11.4 Å². The topological polar surface area (TPSA) is 50.5 Å². The minimum absolute atomic E-state index is 0.118. The van der Waals surface area contributed by atoms with Crippen LogP contribution in [0.2, 0.25) is 0 Å². The first-order chi connectivity index (χ1) is 11.2. The van der Waals surface area contributed by atoms with E-state index in [1.165, 1.54) is 33.2 Å². The molecule has 1 aromatic carbocycles. The molecular formula is C17H16N4OS. The lowest BCUT2D eigenvalue weighted by atomic mass is 10.1. The Morgan fingerprint density at radius 1 is 1.30 bits per heavy atom. The van der Waals surface area contributed by atoms with Crippen LogP contribution in [0.5, 0.6) is 0 Å². The van der Waals surface area contributed by atoms with Crippen LogP contribution in [0.4, 0.5) is 5.69 Å². The van der Waals surface area contributed by atoms with Gasteiger partial charge in [0, 0.05) is 24.0 Å². The molecule has 0 N–H and O–H groups in total. The summed E-state index contributed by atoms with van der Waals surface area (Å²) in [4.78, 5) is 19.4. The van der Waals surface area contributed by atoms with Gasteiger partial charge in [0.15, 0.2) is 0 Å². The average Bonchev–Trinajstić information content (AvgIpc) is 2.82. The minimum atomic E-state index is -0.118. The average molecular weight is 324 g/mol. The van der Waals surface area contributed by atoms with Gasteiger partial charge in [-0.1, -0.05) is 41.7 Å². The Morgan fingerprint density at radius 3 is 3.09 bits per heavy atom. The van der Waals surface area contributed by atoms with Crippen LogP contribution in [0.15, 0.2) is 41.2 Å². The van der Waals surface area contributed by atoms with Crippen molar-refractivity contribution in [2.45, 2.75) is 19.9 Å². The van der Waals surface area contributed by atoms with Crippen molar-refractivity contribution in [1.82, 2.24) is 14.6 Å². The van der Waals surface area contributed by atoms with Crippen LogP contribution in [-0.2, 0) is 6.54 Å². The molecule has 116 valence electrons. The van der Waals surface area contributed by atoms with Gasteiger partial charge in [-0.2, -0.15) is 9.61 Å². The van der Waals surface area contributed by atoms with Crippen molar-refractivity contribution in [3.8, 4) is 0 Å². The highest BCUT2D eigenvalue weighted by Crippen LogP contribution is 2.27. The minimum Gasteiger partial charge on any atom is -0.364 e. The summed E-state index contributed by atoms with van der Waals surface area (Å²) in [7, 11) is 0. The predicted molar refractivity (Wildman–Crippen MR) is 93.0 cm³/mol. The van der Waals surface area contributed by atoms with Gasteiger partial charge in [-0.05, 0) is 25.0 Å². The predicted octanol–water partition coefficient (Wildman–Crippen LogP) is 2.88. The van der Waals surface area contributed by atoms with Crippen LogP contribution >= 0.6 is 11.3 Å². The second kappa shape index (κ2) is 5.62. The molecule has 0 fully saturated rings. The number of aromatic nitrogens is 3. The van der Waals surface area contributed by atoms with E-state index in [2.05, 4.69) is 51.4 Å². The van der Waals surface area contributed by atoms with Gasteiger partial charge in [0.1, 0.15) is 5.01 Å². The Labute approximate surface area is 137 Å². The number of hydrogen-bond acceptors (Lipinski definition) is 5. The van der Waals surface area contributed by atoms with E-state index < -0.39 is 0 Å². The van der Waals surface area contributed by atoms with E-state index in [1.807, 2.05) is 6.92 Å². The van der Waals surface area contributed by atoms with E-state index in [9.17, 15) is 4.79 Å². The van der Waals surface area contributed by atoms with Crippen LogP contribution < -0.4 is 10.5 Å². The van der Waals surface area contributed by atoms with Crippen molar-refractivity contribution in [3.05, 3.63) is 63.0 Å². The number of aryl methyl sites for hydroxylation is 1. The van der Waals surface area contributed by atoms with Gasteiger partial charge < -0.3 is 4.90 Å². The fourth-order valence-electron chi connectivity index (χ4n) is 2.83. The molecule has 3 aromatic rings. The summed E-state index contributed by atoms with van der Waals surface area (Å²) in [6, 6.07) is 9.88. The Hall–Kier alpha value is -2.47. The number of rotatable bonds is 2. The molecule has 1 aliphatic rings. The maximum Gasteiger partial charge on any atom is 0.275 e. The summed E-state index contributed by atoms with van der Waals surface area (Å²) in [6.07, 6.45) is 5.37. The lowest BCUT2D eigenvalue weighted by molar-refractivity contribution is 0.766. The lowest BCUT2D eigenvalue weighted by Gasteiger charge is -2.23. The van der Waals surface area contributed by atoms with Crippen molar-refractivity contribution in [3.63, 3.8) is 0 Å². The van der Waals surface area contributed by atoms with Gasteiger partial charge >= 0.3 is 0 Å². The van der Waals surface area contributed by atoms with E-state index in [0.717, 1.165) is 23.7 Å². The summed E-state index contributed by atoms with van der Waals surface area (Å²) in [5.41, 5.74) is 3.04. The molecule has 6 heteroatoms. The summed E-state index contributed by atoms with van der Waals surface area (Å²) >= 11 is 1.48. The van der Waals surface area contributed by atoms with Gasteiger partial charge in [-0.15, -0.1) is 0 Å². The van der Waals surface area contributed by atoms with Gasteiger partial charge in [-0.3, -0.25) is 4.79 Å². The van der Waals surface area contributed by atoms with Gasteiger partial charge in [-0.25, -0.2) is 4.98 Å². The molecule has 0 radical (unpaired) electrons. The summed E-state index contributed by atoms with van der Waals surface area (Å²) in [5, 5.41) is 5.35. The second-order valence-corrected chi connectivity index (χ2v) is 6.64. The fourth-order valence-corrected chi connectivity index (χ4v) is 3.79. The highest BCUT2D eigenvalue weighted by molar-refractivity contribution is 7.16. The third kappa shape index (κ3) is 2.66. The second-order valence-electron chi connectivity index (χ2n) is 5.60. The maximum atomic E-state index is 12.0. The molecule has 0 amide bonds. The zero-order valence-electron chi connectivity index (χ0n) is 12.8. The first-order valence-electron chi connectivity index (χ1n) is 7.57. The summed E-state index contributed by atoms with van der Waals surface area (Å²) < 4.78 is 1.40. The van der Waals surface area contributed by atoms with Crippen LogP contribution in [0.1, 0.15) is 22.7 Å². The monoisotopic (exact) mass is 324 g/mol. The number of nitrogens with zero attached hydrogens (tertiary/aromatic N) is 4. The molecule has 1 aliphatic heterocycles. The largest absolute Gasteiger partial charge is 0.364 e. The maximum absolute atomic E-state index is 12.0. The van der Waals surface area contributed by atoms with Crippen molar-refractivity contribution >= 4 is 28.1 Å². The molecule has 0 saturated heterocycles. The Bertz CT molecular complexity index is 957. The molecule has 0 spiro atoms. The first-order valence-corrected chi connectivity index (χ1v) is 8.39. The van der Waals surface area contributed by atoms with Crippen LogP contribution in [0.25, 0.3) is 11.0 Å². The van der Waals surface area contributed by atoms with Crippen LogP contribution in [0, 0.1) is 6.92 Å². The van der Waals surface area contributed by atoms with Gasteiger partial charge in [0.05, 0.1) is 6.54 Å². The molecule has 3 heterocycles. The van der Waals surface area contributed by atoms with E-state index in [-0.39, 0.29) is 5.56 Å². The molecular weight excluding hydrogens is 308 g/mol. The summed E-state index contributed by atoms with van der Waals surface area (Å²) in [6.45, 7) is 3.45. The standard InChI is InChI=1S/C17H16N4OS/c1-12-10-16(22)21-17(18-12)23-15(19-21)11-20-9-5-4-7-13-6-2-3-8-14(13)20/h2-4,6-8,10H,5,9,11H2,1H3. The molecule has 0 saturated carbocycles. The number of benzene rings is 1. The Balaban J connectivity index is 1.71. The molecule has 0 atom stereocenters. The number of hydrogen-bond donors (Lipinski definition) is 0. The Morgan fingerprint density at radius 2 is 2.17 bits per heavy atom. The van der Waals surface area contributed by atoms with Crippen LogP contribution in [0.3, 0.4) is 0 Å². The van der Waals surface area contributed by atoms with Crippen molar-refractivity contribution in [1.29, 1.82) is 0 Å². The van der Waals surface area contributed by atoms with E-state index in [0.29, 0.717) is 11.5 Å². The molecule has 4 rings (SSSR count). The highest BCUT2D eigenvalue weighted by Gasteiger charge is 2.15. The first kappa shape index (κ1) is 14.1. The van der Waals surface area contributed by atoms with Gasteiger partial charge in [0.25, 0.3) is 5.56 Å². The fraction of sp³-hybridized carbons (Fsp3) is 0.235. The normalized spacial score (nSPS) is 14.0. The molecule has 0 unspecified atom stereocenters. The summed E-state index contributed by atoms with van der Waals surface area (Å²) in [5.74, 6) is 0. The molecule has 2 aromatic heterocycles. The number of anilines is 1. The lowest BCUT2D eigenvalue weighted by Crippen LogP contribution is -2.24. The van der Waals surface area contributed by atoms with Gasteiger partial charge in [0.2, 0.25) is 4.96 Å². The van der Waals surface area contributed by atoms with E-state index in [1.54, 1.807) is 0 Å². The van der Waals surface area contributed by atoms with Crippen LogP contribution in [-0.4, -0.2) is 21.1 Å². The SMILES string of the molecule is Cc1cc(=O)n2nc(CN3CCC=Cc4ccccc43)sc2n1. The quantitative estimate of drug-likeness (QED) is 0.727. The molecule has 0 aliphatic carbocycles. The van der Waals surface area contributed by atoms with Crippen molar-refractivity contribution in [2.24, 2.45) is 0 Å². The molecule has 5 nitrogen and oxygen atoms in total. The third-order valence-corrected chi connectivity index (χ3v) is 4.77. The number of para-hydroxylation sites is 1.